The summed E-state index contributed by atoms with van der Waals surface area (Å²) in [6, 6.07) is 6.88. The summed E-state index contributed by atoms with van der Waals surface area (Å²) in [5.74, 6) is -0.454. The molecule has 1 aliphatic heterocycles. The first-order chi connectivity index (χ1) is 9.65. The van der Waals surface area contributed by atoms with E-state index in [1.165, 1.54) is 0 Å². The summed E-state index contributed by atoms with van der Waals surface area (Å²) in [7, 11) is 0. The Morgan fingerprint density at radius 3 is 2.85 bits per heavy atom. The van der Waals surface area contributed by atoms with Gasteiger partial charge in [-0.2, -0.15) is 0 Å². The number of benzene rings is 1. The molecule has 1 N–H and O–H groups in total. The average Bonchev–Trinajstić information content (AvgIpc) is 2.47. The van der Waals surface area contributed by atoms with Gasteiger partial charge in [0.15, 0.2) is 0 Å². The number of amides is 1. The maximum atomic E-state index is 12.6. The Labute approximate surface area is 118 Å². The summed E-state index contributed by atoms with van der Waals surface area (Å²) in [5, 5.41) is 3.13. The minimum Gasteiger partial charge on any atom is -0.464 e. The quantitative estimate of drug-likeness (QED) is 0.836. The fraction of sp³-hybridized carbons (Fsp3) is 0.467. The molecule has 1 heterocycles. The third-order valence-electron chi connectivity index (χ3n) is 3.44. The third kappa shape index (κ3) is 2.99. The lowest BCUT2D eigenvalue weighted by Crippen LogP contribution is -2.57. The number of carbonyl (C=O) groups is 2. The first-order valence-electron chi connectivity index (χ1n) is 6.89. The van der Waals surface area contributed by atoms with Gasteiger partial charge in [-0.05, 0) is 25.5 Å². The van der Waals surface area contributed by atoms with Gasteiger partial charge < -0.3 is 15.0 Å². The number of ether oxygens (including phenoxy) is 1. The van der Waals surface area contributed by atoms with E-state index in [1.54, 1.807) is 17.9 Å². The van der Waals surface area contributed by atoms with E-state index in [4.69, 9.17) is 4.74 Å². The highest BCUT2D eigenvalue weighted by molar-refractivity contribution is 5.98. The second-order valence-electron chi connectivity index (χ2n) is 4.79. The highest BCUT2D eigenvalue weighted by Crippen LogP contribution is 2.15. The van der Waals surface area contributed by atoms with Crippen molar-refractivity contribution in [2.75, 3.05) is 26.2 Å². The minimum atomic E-state index is -0.546. The second kappa shape index (κ2) is 6.52. The highest BCUT2D eigenvalue weighted by atomic mass is 16.5. The largest absolute Gasteiger partial charge is 0.464 e. The molecule has 0 spiro atoms. The lowest BCUT2D eigenvalue weighted by Gasteiger charge is -2.34. The van der Waals surface area contributed by atoms with Crippen LogP contribution in [0.3, 0.4) is 0 Å². The van der Waals surface area contributed by atoms with Crippen LogP contribution < -0.4 is 5.32 Å². The van der Waals surface area contributed by atoms with Crippen LogP contribution in [0.5, 0.6) is 0 Å². The van der Waals surface area contributed by atoms with E-state index in [2.05, 4.69) is 5.32 Å². The normalized spacial score (nSPS) is 18.7. The summed E-state index contributed by atoms with van der Waals surface area (Å²) in [5.41, 5.74) is 1.56. The molecule has 0 saturated carbocycles. The summed E-state index contributed by atoms with van der Waals surface area (Å²) >= 11 is 0. The lowest BCUT2D eigenvalue weighted by atomic mass is 10.1. The summed E-state index contributed by atoms with van der Waals surface area (Å²) in [6.45, 7) is 5.62. The number of hydrogen-bond donors (Lipinski definition) is 1. The van der Waals surface area contributed by atoms with E-state index in [0.717, 1.165) is 5.56 Å². The van der Waals surface area contributed by atoms with E-state index in [-0.39, 0.29) is 11.9 Å². The van der Waals surface area contributed by atoms with Gasteiger partial charge in [-0.25, -0.2) is 4.79 Å². The molecule has 2 rings (SSSR count). The predicted octanol–water partition coefficient (Wildman–Crippen LogP) is 0.972. The van der Waals surface area contributed by atoms with Gasteiger partial charge in [0.05, 0.1) is 6.61 Å². The number of nitrogens with zero attached hydrogens (tertiary/aromatic N) is 1. The smallest absolute Gasteiger partial charge is 0.330 e. The molecule has 0 aromatic heterocycles. The Hall–Kier alpha value is -1.88. The van der Waals surface area contributed by atoms with Crippen LogP contribution in [-0.2, 0) is 9.53 Å². The van der Waals surface area contributed by atoms with E-state index in [0.29, 0.717) is 31.8 Å². The van der Waals surface area contributed by atoms with Crippen molar-refractivity contribution < 1.29 is 14.3 Å². The molecule has 1 aromatic rings. The van der Waals surface area contributed by atoms with Gasteiger partial charge in [0.2, 0.25) is 0 Å². The standard InChI is InChI=1S/C15H20N2O3/c1-3-20-15(19)13-10-16-8-9-17(13)14(18)12-7-5-4-6-11(12)2/h4-7,13,16H,3,8-10H2,1-2H3. The van der Waals surface area contributed by atoms with Crippen molar-refractivity contribution in [3.63, 3.8) is 0 Å². The molecule has 1 aromatic carbocycles. The molecule has 1 saturated heterocycles. The summed E-state index contributed by atoms with van der Waals surface area (Å²) < 4.78 is 5.06. The molecule has 108 valence electrons. The van der Waals surface area contributed by atoms with Crippen LogP contribution in [0.15, 0.2) is 24.3 Å². The van der Waals surface area contributed by atoms with Crippen molar-refractivity contribution in [2.24, 2.45) is 0 Å². The van der Waals surface area contributed by atoms with Crippen LogP contribution >= 0.6 is 0 Å². The lowest BCUT2D eigenvalue weighted by molar-refractivity contribution is -0.149. The molecule has 5 heteroatoms. The van der Waals surface area contributed by atoms with Gasteiger partial charge in [0.1, 0.15) is 6.04 Å². The van der Waals surface area contributed by atoms with Gasteiger partial charge >= 0.3 is 5.97 Å². The number of piperazine rings is 1. The number of aryl methyl sites for hydroxylation is 1. The molecule has 0 radical (unpaired) electrons. The molecule has 0 bridgehead atoms. The maximum Gasteiger partial charge on any atom is 0.330 e. The Bertz CT molecular complexity index is 502. The molecule has 1 unspecified atom stereocenters. The molecule has 1 atom stereocenters. The van der Waals surface area contributed by atoms with Crippen LogP contribution in [-0.4, -0.2) is 49.1 Å². The third-order valence-corrected chi connectivity index (χ3v) is 3.44. The SMILES string of the molecule is CCOC(=O)C1CNCCN1C(=O)c1ccccc1C. The van der Waals surface area contributed by atoms with Crippen LogP contribution in [0.25, 0.3) is 0 Å². The van der Waals surface area contributed by atoms with Crippen molar-refractivity contribution in [1.29, 1.82) is 0 Å². The summed E-state index contributed by atoms with van der Waals surface area (Å²) in [6.07, 6.45) is 0. The van der Waals surface area contributed by atoms with Crippen LogP contribution in [0.4, 0.5) is 0 Å². The first kappa shape index (κ1) is 14.5. The monoisotopic (exact) mass is 276 g/mol. The topological polar surface area (TPSA) is 58.6 Å². The average molecular weight is 276 g/mol. The maximum absolute atomic E-state index is 12.6. The second-order valence-corrected chi connectivity index (χ2v) is 4.79. The Kier molecular flexibility index (Phi) is 4.74. The molecule has 1 fully saturated rings. The van der Waals surface area contributed by atoms with E-state index >= 15 is 0 Å². The zero-order valence-corrected chi connectivity index (χ0v) is 11.9. The predicted molar refractivity (Wildman–Crippen MR) is 75.5 cm³/mol. The van der Waals surface area contributed by atoms with Crippen LogP contribution in [0.2, 0.25) is 0 Å². The molecule has 0 aliphatic carbocycles. The van der Waals surface area contributed by atoms with Crippen LogP contribution in [0, 0.1) is 6.92 Å². The van der Waals surface area contributed by atoms with Gasteiger partial charge in [-0.1, -0.05) is 18.2 Å². The van der Waals surface area contributed by atoms with Crippen molar-refractivity contribution in [2.45, 2.75) is 19.9 Å². The zero-order valence-electron chi connectivity index (χ0n) is 11.9. The van der Waals surface area contributed by atoms with Crippen LogP contribution in [0.1, 0.15) is 22.8 Å². The Balaban J connectivity index is 2.22. The highest BCUT2D eigenvalue weighted by Gasteiger charge is 2.33. The number of carbonyl (C=O) groups excluding carboxylic acids is 2. The Morgan fingerprint density at radius 2 is 2.15 bits per heavy atom. The fourth-order valence-electron chi connectivity index (χ4n) is 2.36. The Morgan fingerprint density at radius 1 is 1.40 bits per heavy atom. The number of hydrogen-bond acceptors (Lipinski definition) is 4. The van der Waals surface area contributed by atoms with Gasteiger partial charge in [0.25, 0.3) is 5.91 Å². The van der Waals surface area contributed by atoms with Gasteiger partial charge in [-0.15, -0.1) is 0 Å². The first-order valence-corrected chi connectivity index (χ1v) is 6.89. The zero-order chi connectivity index (χ0) is 14.5. The van der Waals surface area contributed by atoms with Crippen molar-refractivity contribution in [1.82, 2.24) is 10.2 Å². The van der Waals surface area contributed by atoms with E-state index in [1.807, 2.05) is 25.1 Å². The molecule has 1 aliphatic rings. The van der Waals surface area contributed by atoms with E-state index in [9.17, 15) is 9.59 Å². The molecular formula is C15H20N2O3. The number of rotatable bonds is 3. The number of nitrogens with one attached hydrogen (secondary N) is 1. The van der Waals surface area contributed by atoms with E-state index < -0.39 is 6.04 Å². The fourth-order valence-corrected chi connectivity index (χ4v) is 2.36. The molecule has 20 heavy (non-hydrogen) atoms. The van der Waals surface area contributed by atoms with Crippen molar-refractivity contribution in [3.8, 4) is 0 Å². The summed E-state index contributed by atoms with van der Waals surface area (Å²) in [4.78, 5) is 26.2. The minimum absolute atomic E-state index is 0.109. The van der Waals surface area contributed by atoms with Gasteiger partial charge in [0, 0.05) is 25.2 Å². The van der Waals surface area contributed by atoms with Gasteiger partial charge in [-0.3, -0.25) is 4.79 Å². The number of esters is 1. The van der Waals surface area contributed by atoms with Crippen molar-refractivity contribution in [3.05, 3.63) is 35.4 Å². The molecular weight excluding hydrogens is 256 g/mol. The molecule has 1 amide bonds. The molecule has 5 nitrogen and oxygen atoms in total. The van der Waals surface area contributed by atoms with Crippen molar-refractivity contribution >= 4 is 11.9 Å².